The Kier molecular flexibility index (Phi) is 5.53. The van der Waals surface area contributed by atoms with Crippen LogP contribution >= 0.6 is 0 Å². The SMILES string of the molecule is Cc1ccc2c(c1)[C@@H](c1ccccc1)N(C(=O)[C@@H](C)Oc1ccccc1)CC(=O)N2. The smallest absolute Gasteiger partial charge is 0.264 e. The molecule has 3 aromatic rings. The number of rotatable bonds is 4. The topological polar surface area (TPSA) is 58.6 Å². The van der Waals surface area contributed by atoms with Crippen molar-refractivity contribution in [2.45, 2.75) is 26.0 Å². The monoisotopic (exact) mass is 400 g/mol. The molecule has 0 radical (unpaired) electrons. The Morgan fingerprint density at radius 2 is 1.70 bits per heavy atom. The fourth-order valence-electron chi connectivity index (χ4n) is 3.81. The van der Waals surface area contributed by atoms with Crippen molar-refractivity contribution in [1.82, 2.24) is 4.90 Å². The van der Waals surface area contributed by atoms with E-state index in [-0.39, 0.29) is 18.4 Å². The third-order valence-corrected chi connectivity index (χ3v) is 5.20. The van der Waals surface area contributed by atoms with Crippen LogP contribution in [0, 0.1) is 6.92 Å². The maximum atomic E-state index is 13.5. The van der Waals surface area contributed by atoms with Gasteiger partial charge in [-0.25, -0.2) is 0 Å². The molecule has 0 saturated heterocycles. The van der Waals surface area contributed by atoms with Crippen molar-refractivity contribution in [3.05, 3.63) is 95.6 Å². The minimum Gasteiger partial charge on any atom is -0.481 e. The number of benzene rings is 3. The summed E-state index contributed by atoms with van der Waals surface area (Å²) in [5.74, 6) is 0.154. The fraction of sp³-hybridized carbons (Fsp3) is 0.200. The van der Waals surface area contributed by atoms with Crippen LogP contribution in [-0.2, 0) is 9.59 Å². The standard InChI is InChI=1S/C25H24N2O3/c1-17-13-14-22-21(15-17)24(19-9-5-3-6-10-19)27(16-23(28)26-22)25(29)18(2)30-20-11-7-4-8-12-20/h3-15,18,24H,16H2,1-2H3,(H,26,28)/t18-,24-/m1/s1. The lowest BCUT2D eigenvalue weighted by atomic mass is 9.94. The third kappa shape index (κ3) is 4.06. The molecule has 5 heteroatoms. The molecule has 1 aliphatic heterocycles. The number of nitrogens with zero attached hydrogens (tertiary/aromatic N) is 1. The number of hydrogen-bond donors (Lipinski definition) is 1. The Hall–Kier alpha value is -3.60. The van der Waals surface area contributed by atoms with E-state index in [1.807, 2.05) is 85.8 Å². The molecular formula is C25H24N2O3. The molecule has 152 valence electrons. The number of ether oxygens (including phenoxy) is 1. The summed E-state index contributed by atoms with van der Waals surface area (Å²) in [4.78, 5) is 27.8. The zero-order valence-corrected chi connectivity index (χ0v) is 17.0. The van der Waals surface area contributed by atoms with Crippen LogP contribution in [0.3, 0.4) is 0 Å². The molecule has 0 unspecified atom stereocenters. The Morgan fingerprint density at radius 1 is 1.03 bits per heavy atom. The second-order valence-electron chi connectivity index (χ2n) is 7.49. The average molecular weight is 400 g/mol. The highest BCUT2D eigenvalue weighted by molar-refractivity contribution is 5.97. The maximum absolute atomic E-state index is 13.5. The second kappa shape index (κ2) is 8.41. The highest BCUT2D eigenvalue weighted by Gasteiger charge is 2.36. The van der Waals surface area contributed by atoms with Crippen LogP contribution in [0.25, 0.3) is 0 Å². The van der Waals surface area contributed by atoms with Crippen LogP contribution in [0.2, 0.25) is 0 Å². The van der Waals surface area contributed by atoms with E-state index in [4.69, 9.17) is 4.74 Å². The maximum Gasteiger partial charge on any atom is 0.264 e. The molecule has 2 amide bonds. The van der Waals surface area contributed by atoms with Crippen molar-refractivity contribution in [3.63, 3.8) is 0 Å². The van der Waals surface area contributed by atoms with E-state index in [9.17, 15) is 9.59 Å². The summed E-state index contributed by atoms with van der Waals surface area (Å²) in [6.07, 6.45) is -0.738. The van der Waals surface area contributed by atoms with Crippen LogP contribution in [0.1, 0.15) is 29.7 Å². The first kappa shape index (κ1) is 19.7. The molecule has 1 heterocycles. The van der Waals surface area contributed by atoms with Gasteiger partial charge in [0.15, 0.2) is 6.10 Å². The quantitative estimate of drug-likeness (QED) is 0.709. The summed E-state index contributed by atoms with van der Waals surface area (Å²) in [5.41, 5.74) is 3.63. The van der Waals surface area contributed by atoms with Crippen molar-refractivity contribution >= 4 is 17.5 Å². The van der Waals surface area contributed by atoms with Crippen molar-refractivity contribution in [2.24, 2.45) is 0 Å². The summed E-state index contributed by atoms with van der Waals surface area (Å²) in [6, 6.07) is 24.5. The zero-order chi connectivity index (χ0) is 21.1. The fourth-order valence-corrected chi connectivity index (χ4v) is 3.81. The molecule has 5 nitrogen and oxygen atoms in total. The van der Waals surface area contributed by atoms with Crippen LogP contribution in [0.15, 0.2) is 78.9 Å². The molecule has 2 atom stereocenters. The number of fused-ring (bicyclic) bond motifs is 1. The number of hydrogen-bond acceptors (Lipinski definition) is 3. The summed E-state index contributed by atoms with van der Waals surface area (Å²) in [7, 11) is 0. The lowest BCUT2D eigenvalue weighted by Crippen LogP contribution is -2.45. The molecule has 0 aromatic heterocycles. The highest BCUT2D eigenvalue weighted by Crippen LogP contribution is 2.36. The van der Waals surface area contributed by atoms with Gasteiger partial charge in [-0.1, -0.05) is 66.2 Å². The summed E-state index contributed by atoms with van der Waals surface area (Å²) in [6.45, 7) is 3.67. The van der Waals surface area contributed by atoms with Gasteiger partial charge in [-0.3, -0.25) is 9.59 Å². The summed E-state index contributed by atoms with van der Waals surface area (Å²) < 4.78 is 5.88. The first-order valence-electron chi connectivity index (χ1n) is 10.0. The van der Waals surface area contributed by atoms with Gasteiger partial charge >= 0.3 is 0 Å². The first-order valence-corrected chi connectivity index (χ1v) is 10.0. The van der Waals surface area contributed by atoms with Gasteiger partial charge in [-0.2, -0.15) is 0 Å². The van der Waals surface area contributed by atoms with E-state index < -0.39 is 12.1 Å². The zero-order valence-electron chi connectivity index (χ0n) is 17.0. The van der Waals surface area contributed by atoms with Gasteiger partial charge in [0.1, 0.15) is 12.3 Å². The van der Waals surface area contributed by atoms with Gasteiger partial charge < -0.3 is 15.0 Å². The first-order chi connectivity index (χ1) is 14.5. The molecule has 0 bridgehead atoms. The van der Waals surface area contributed by atoms with E-state index in [1.54, 1.807) is 11.8 Å². The Morgan fingerprint density at radius 3 is 2.40 bits per heavy atom. The van der Waals surface area contributed by atoms with Crippen LogP contribution < -0.4 is 10.1 Å². The van der Waals surface area contributed by atoms with Gasteiger partial charge in [-0.05, 0) is 37.6 Å². The molecule has 0 aliphatic carbocycles. The highest BCUT2D eigenvalue weighted by atomic mass is 16.5. The molecular weight excluding hydrogens is 376 g/mol. The lowest BCUT2D eigenvalue weighted by molar-refractivity contribution is -0.142. The van der Waals surface area contributed by atoms with Crippen molar-refractivity contribution in [1.29, 1.82) is 0 Å². The minimum absolute atomic E-state index is 0.0470. The van der Waals surface area contributed by atoms with Crippen LogP contribution in [0.5, 0.6) is 5.75 Å². The number of anilines is 1. The molecule has 0 saturated carbocycles. The Balaban J connectivity index is 1.75. The molecule has 0 fully saturated rings. The van der Waals surface area contributed by atoms with Crippen LogP contribution in [-0.4, -0.2) is 29.4 Å². The van der Waals surface area contributed by atoms with E-state index in [0.29, 0.717) is 5.75 Å². The van der Waals surface area contributed by atoms with E-state index in [0.717, 1.165) is 22.4 Å². The summed E-state index contributed by atoms with van der Waals surface area (Å²) >= 11 is 0. The summed E-state index contributed by atoms with van der Waals surface area (Å²) in [5, 5.41) is 2.95. The van der Waals surface area contributed by atoms with Crippen LogP contribution in [0.4, 0.5) is 5.69 Å². The number of amides is 2. The molecule has 1 aliphatic rings. The van der Waals surface area contributed by atoms with Crippen molar-refractivity contribution < 1.29 is 14.3 Å². The van der Waals surface area contributed by atoms with Gasteiger partial charge in [0.25, 0.3) is 5.91 Å². The molecule has 0 spiro atoms. The van der Waals surface area contributed by atoms with E-state index >= 15 is 0 Å². The Labute approximate surface area is 176 Å². The minimum atomic E-state index is -0.738. The molecule has 30 heavy (non-hydrogen) atoms. The number of carbonyl (C=O) groups excluding carboxylic acids is 2. The second-order valence-corrected chi connectivity index (χ2v) is 7.49. The van der Waals surface area contributed by atoms with E-state index in [1.165, 1.54) is 0 Å². The predicted molar refractivity (Wildman–Crippen MR) is 116 cm³/mol. The lowest BCUT2D eigenvalue weighted by Gasteiger charge is -2.32. The number of nitrogens with one attached hydrogen (secondary N) is 1. The largest absolute Gasteiger partial charge is 0.481 e. The van der Waals surface area contributed by atoms with Gasteiger partial charge in [-0.15, -0.1) is 0 Å². The number of carbonyl (C=O) groups is 2. The number of para-hydroxylation sites is 1. The molecule has 3 aromatic carbocycles. The van der Waals surface area contributed by atoms with Gasteiger partial charge in [0, 0.05) is 11.3 Å². The third-order valence-electron chi connectivity index (χ3n) is 5.20. The average Bonchev–Trinajstić information content (AvgIpc) is 2.90. The van der Waals surface area contributed by atoms with Crippen molar-refractivity contribution in [2.75, 3.05) is 11.9 Å². The molecule has 1 N–H and O–H groups in total. The predicted octanol–water partition coefficient (Wildman–Crippen LogP) is 4.33. The van der Waals surface area contributed by atoms with Gasteiger partial charge in [0.05, 0.1) is 6.04 Å². The molecule has 4 rings (SSSR count). The number of aryl methyl sites for hydroxylation is 1. The Bertz CT molecular complexity index is 1050. The van der Waals surface area contributed by atoms with E-state index in [2.05, 4.69) is 5.32 Å². The van der Waals surface area contributed by atoms with Gasteiger partial charge in [0.2, 0.25) is 5.91 Å². The normalized spacial score (nSPS) is 16.8. The van der Waals surface area contributed by atoms with Crippen molar-refractivity contribution in [3.8, 4) is 5.75 Å².